The van der Waals surface area contributed by atoms with Crippen molar-refractivity contribution in [3.63, 3.8) is 0 Å². The molecule has 0 amide bonds. The van der Waals surface area contributed by atoms with Crippen LogP contribution in [-0.2, 0) is 0 Å². The van der Waals surface area contributed by atoms with Gasteiger partial charge in [0.05, 0.1) is 16.6 Å². The second-order valence-corrected chi connectivity index (χ2v) is 6.76. The number of hydrogen-bond acceptors (Lipinski definition) is 5. The summed E-state index contributed by atoms with van der Waals surface area (Å²) >= 11 is 0. The van der Waals surface area contributed by atoms with Gasteiger partial charge in [-0.1, -0.05) is 30.3 Å². The highest BCUT2D eigenvalue weighted by Gasteiger charge is 2.19. The van der Waals surface area contributed by atoms with Crippen LogP contribution < -0.4 is 15.5 Å². The smallest absolute Gasteiger partial charge is 0.110 e. The van der Waals surface area contributed by atoms with Gasteiger partial charge in [0.1, 0.15) is 12.7 Å². The Kier molecular flexibility index (Phi) is 4.85. The first kappa shape index (κ1) is 16.6. The summed E-state index contributed by atoms with van der Waals surface area (Å²) in [7, 11) is 0. The molecule has 0 unspecified atom stereocenters. The topological polar surface area (TPSA) is 45.9 Å². The van der Waals surface area contributed by atoms with Gasteiger partial charge in [-0.3, -0.25) is 9.89 Å². The maximum atomic E-state index is 9.29. The molecule has 26 heavy (non-hydrogen) atoms. The molecular weight excluding hydrogens is 322 g/mol. The van der Waals surface area contributed by atoms with Crippen LogP contribution in [0.15, 0.2) is 53.5 Å². The summed E-state index contributed by atoms with van der Waals surface area (Å²) in [4.78, 5) is 11.8. The normalized spacial score (nSPS) is 17.0. The Morgan fingerprint density at radius 1 is 0.923 bits per heavy atom. The number of anilines is 1. The first-order valence-electron chi connectivity index (χ1n) is 9.15. The van der Waals surface area contributed by atoms with Crippen LogP contribution in [0.3, 0.4) is 0 Å². The molecule has 1 saturated heterocycles. The fourth-order valence-corrected chi connectivity index (χ4v) is 3.61. The minimum atomic E-state index is 0.743. The van der Waals surface area contributed by atoms with Crippen molar-refractivity contribution in [3.8, 4) is 6.07 Å². The summed E-state index contributed by atoms with van der Waals surface area (Å²) in [5, 5.41) is 11.6. The van der Waals surface area contributed by atoms with Gasteiger partial charge in [0.2, 0.25) is 0 Å². The lowest BCUT2D eigenvalue weighted by Crippen LogP contribution is -2.48. The van der Waals surface area contributed by atoms with E-state index >= 15 is 0 Å². The van der Waals surface area contributed by atoms with Gasteiger partial charge in [0.15, 0.2) is 0 Å². The number of para-hydroxylation sites is 2. The van der Waals surface area contributed by atoms with Gasteiger partial charge in [0.25, 0.3) is 0 Å². The summed E-state index contributed by atoms with van der Waals surface area (Å²) in [5.74, 6) is 0. The Labute approximate surface area is 154 Å². The highest BCUT2D eigenvalue weighted by molar-refractivity contribution is 5.59. The fraction of sp³-hybridized carbons (Fsp3) is 0.333. The predicted octanol–water partition coefficient (Wildman–Crippen LogP) is 1.01. The molecule has 5 nitrogen and oxygen atoms in total. The molecule has 2 aromatic carbocycles. The van der Waals surface area contributed by atoms with Crippen LogP contribution in [0.2, 0.25) is 0 Å². The third kappa shape index (κ3) is 3.56. The van der Waals surface area contributed by atoms with E-state index in [2.05, 4.69) is 56.2 Å². The van der Waals surface area contributed by atoms with E-state index in [0.29, 0.717) is 0 Å². The molecule has 2 heterocycles. The van der Waals surface area contributed by atoms with Crippen LogP contribution in [0.1, 0.15) is 5.56 Å². The van der Waals surface area contributed by atoms with Gasteiger partial charge in [-0.15, -0.1) is 0 Å². The summed E-state index contributed by atoms with van der Waals surface area (Å²) in [5.41, 5.74) is 1.83. The molecule has 0 aromatic heterocycles. The molecule has 0 radical (unpaired) electrons. The molecule has 132 valence electrons. The zero-order valence-corrected chi connectivity index (χ0v) is 14.9. The molecule has 2 aromatic rings. The summed E-state index contributed by atoms with van der Waals surface area (Å²) in [6.45, 7) is 6.77. The molecule has 0 atom stereocenters. The van der Waals surface area contributed by atoms with Crippen LogP contribution in [0.25, 0.3) is 6.20 Å². The van der Waals surface area contributed by atoms with Crippen molar-refractivity contribution in [2.75, 3.05) is 50.8 Å². The Bertz CT molecular complexity index is 922. The van der Waals surface area contributed by atoms with Crippen molar-refractivity contribution < 1.29 is 0 Å². The molecule has 4 rings (SSSR count). The largest absolute Gasteiger partial charge is 0.368 e. The van der Waals surface area contributed by atoms with Crippen molar-refractivity contribution in [3.05, 3.63) is 64.7 Å². The SMILES string of the molecule is N#Cc1ccccc1N1CCN(CCN2C=c3ccccc3=NC2)CC1. The van der Waals surface area contributed by atoms with Crippen LogP contribution >= 0.6 is 0 Å². The van der Waals surface area contributed by atoms with E-state index in [1.807, 2.05) is 24.3 Å². The Morgan fingerprint density at radius 3 is 2.54 bits per heavy atom. The number of rotatable bonds is 4. The van der Waals surface area contributed by atoms with Crippen LogP contribution in [-0.4, -0.2) is 55.7 Å². The molecule has 0 aliphatic carbocycles. The summed E-state index contributed by atoms with van der Waals surface area (Å²) < 4.78 is 0. The van der Waals surface area contributed by atoms with Gasteiger partial charge in [-0.05, 0) is 18.2 Å². The van der Waals surface area contributed by atoms with Gasteiger partial charge in [-0.25, -0.2) is 0 Å². The lowest BCUT2D eigenvalue weighted by Gasteiger charge is -2.37. The van der Waals surface area contributed by atoms with E-state index in [1.165, 1.54) is 5.22 Å². The van der Waals surface area contributed by atoms with E-state index in [-0.39, 0.29) is 0 Å². The van der Waals surface area contributed by atoms with Gasteiger partial charge >= 0.3 is 0 Å². The van der Waals surface area contributed by atoms with E-state index in [0.717, 1.165) is 62.5 Å². The average Bonchev–Trinajstić information content (AvgIpc) is 2.72. The number of piperazine rings is 1. The molecule has 0 spiro atoms. The van der Waals surface area contributed by atoms with Crippen molar-refractivity contribution in [2.45, 2.75) is 0 Å². The zero-order chi connectivity index (χ0) is 17.8. The monoisotopic (exact) mass is 345 g/mol. The molecular formula is C21H23N5. The standard InChI is InChI=1S/C21H23N5/c22-15-18-5-2-4-8-21(18)26-13-11-24(12-14-26)9-10-25-16-19-6-1-3-7-20(19)23-17-25/h1-8,16H,9-14,17H2. The molecule has 0 saturated carbocycles. The third-order valence-corrected chi connectivity index (χ3v) is 5.12. The van der Waals surface area contributed by atoms with Gasteiger partial charge in [0, 0.05) is 50.7 Å². The zero-order valence-electron chi connectivity index (χ0n) is 14.9. The van der Waals surface area contributed by atoms with Crippen molar-refractivity contribution in [1.82, 2.24) is 9.80 Å². The van der Waals surface area contributed by atoms with E-state index in [9.17, 15) is 5.26 Å². The molecule has 1 fully saturated rings. The van der Waals surface area contributed by atoms with E-state index in [4.69, 9.17) is 0 Å². The number of nitrogens with zero attached hydrogens (tertiary/aromatic N) is 5. The van der Waals surface area contributed by atoms with Crippen LogP contribution in [0.4, 0.5) is 5.69 Å². The molecule has 2 aliphatic rings. The first-order chi connectivity index (χ1) is 12.8. The van der Waals surface area contributed by atoms with E-state index in [1.54, 1.807) is 0 Å². The molecule has 5 heteroatoms. The molecule has 0 N–H and O–H groups in total. The number of hydrogen-bond donors (Lipinski definition) is 0. The van der Waals surface area contributed by atoms with Gasteiger partial charge in [-0.2, -0.15) is 5.26 Å². The van der Waals surface area contributed by atoms with Gasteiger partial charge < -0.3 is 9.80 Å². The number of nitriles is 1. The highest BCUT2D eigenvalue weighted by Crippen LogP contribution is 2.20. The van der Waals surface area contributed by atoms with Crippen LogP contribution in [0, 0.1) is 11.3 Å². The minimum absolute atomic E-state index is 0.743. The van der Waals surface area contributed by atoms with Crippen molar-refractivity contribution in [2.24, 2.45) is 4.99 Å². The minimum Gasteiger partial charge on any atom is -0.368 e. The third-order valence-electron chi connectivity index (χ3n) is 5.12. The first-order valence-corrected chi connectivity index (χ1v) is 9.15. The predicted molar refractivity (Wildman–Crippen MR) is 103 cm³/mol. The lowest BCUT2D eigenvalue weighted by atomic mass is 10.1. The highest BCUT2D eigenvalue weighted by atomic mass is 15.3. The molecule has 2 aliphatic heterocycles. The maximum Gasteiger partial charge on any atom is 0.110 e. The summed E-state index contributed by atoms with van der Waals surface area (Å²) in [6, 6.07) is 18.5. The van der Waals surface area contributed by atoms with Crippen molar-refractivity contribution in [1.29, 1.82) is 5.26 Å². The van der Waals surface area contributed by atoms with E-state index < -0.39 is 0 Å². The van der Waals surface area contributed by atoms with Crippen molar-refractivity contribution >= 4 is 11.9 Å². The second-order valence-electron chi connectivity index (χ2n) is 6.76. The fourth-order valence-electron chi connectivity index (χ4n) is 3.61. The Balaban J connectivity index is 1.31. The molecule has 0 bridgehead atoms. The quantitative estimate of drug-likeness (QED) is 0.830. The number of benzene rings is 2. The average molecular weight is 345 g/mol. The Hall–Kier alpha value is -2.84. The maximum absolute atomic E-state index is 9.29. The lowest BCUT2D eigenvalue weighted by molar-refractivity contribution is 0.232. The summed E-state index contributed by atoms with van der Waals surface area (Å²) in [6.07, 6.45) is 2.22. The van der Waals surface area contributed by atoms with Crippen LogP contribution in [0.5, 0.6) is 0 Å². The second kappa shape index (κ2) is 7.59. The number of fused-ring (bicyclic) bond motifs is 1. The Morgan fingerprint density at radius 2 is 1.69 bits per heavy atom.